The molecule has 3 rings (SSSR count). The summed E-state index contributed by atoms with van der Waals surface area (Å²) in [5.41, 5.74) is 0.353. The van der Waals surface area contributed by atoms with Gasteiger partial charge in [-0.1, -0.05) is 6.07 Å². The van der Waals surface area contributed by atoms with E-state index < -0.39 is 0 Å². The number of ether oxygens (including phenoxy) is 1. The Balaban J connectivity index is 1.68. The SMILES string of the molecule is Cc1oc(-c2cccs2)nc1C(=O)NC[C@@H]1CCCO1. The molecule has 0 saturated carbocycles. The van der Waals surface area contributed by atoms with Gasteiger partial charge in [-0.15, -0.1) is 11.3 Å². The molecule has 5 nitrogen and oxygen atoms in total. The minimum Gasteiger partial charge on any atom is -0.440 e. The van der Waals surface area contributed by atoms with Crippen molar-refractivity contribution >= 4 is 17.2 Å². The lowest BCUT2D eigenvalue weighted by atomic mass is 10.2. The van der Waals surface area contributed by atoms with Gasteiger partial charge >= 0.3 is 0 Å². The van der Waals surface area contributed by atoms with Crippen molar-refractivity contribution in [3.63, 3.8) is 0 Å². The zero-order valence-electron chi connectivity index (χ0n) is 11.2. The number of rotatable bonds is 4. The second-order valence-electron chi connectivity index (χ2n) is 4.75. The molecule has 106 valence electrons. The summed E-state index contributed by atoms with van der Waals surface area (Å²) in [4.78, 5) is 17.3. The highest BCUT2D eigenvalue weighted by Gasteiger charge is 2.21. The number of amides is 1. The van der Waals surface area contributed by atoms with Gasteiger partial charge in [-0.2, -0.15) is 0 Å². The smallest absolute Gasteiger partial charge is 0.273 e. The Kier molecular flexibility index (Phi) is 3.84. The number of nitrogens with zero attached hydrogens (tertiary/aromatic N) is 1. The third-order valence-corrected chi connectivity index (χ3v) is 4.12. The van der Waals surface area contributed by atoms with E-state index in [1.54, 1.807) is 6.92 Å². The van der Waals surface area contributed by atoms with Crippen molar-refractivity contribution in [3.8, 4) is 10.8 Å². The van der Waals surface area contributed by atoms with Gasteiger partial charge < -0.3 is 14.5 Å². The van der Waals surface area contributed by atoms with E-state index >= 15 is 0 Å². The van der Waals surface area contributed by atoms with Crippen molar-refractivity contribution < 1.29 is 13.9 Å². The average Bonchev–Trinajstić information content (AvgIpc) is 3.17. The predicted octanol–water partition coefficient (Wildman–Crippen LogP) is 2.62. The van der Waals surface area contributed by atoms with Crippen molar-refractivity contribution in [2.75, 3.05) is 13.2 Å². The zero-order chi connectivity index (χ0) is 13.9. The molecule has 0 radical (unpaired) electrons. The van der Waals surface area contributed by atoms with E-state index in [-0.39, 0.29) is 12.0 Å². The maximum absolute atomic E-state index is 12.1. The van der Waals surface area contributed by atoms with Crippen molar-refractivity contribution in [2.45, 2.75) is 25.9 Å². The third-order valence-electron chi connectivity index (χ3n) is 3.26. The van der Waals surface area contributed by atoms with Crippen LogP contribution < -0.4 is 5.32 Å². The van der Waals surface area contributed by atoms with Crippen LogP contribution in [0.1, 0.15) is 29.1 Å². The Morgan fingerprint density at radius 3 is 3.20 bits per heavy atom. The van der Waals surface area contributed by atoms with Crippen LogP contribution in [0.25, 0.3) is 10.8 Å². The first-order chi connectivity index (χ1) is 9.74. The van der Waals surface area contributed by atoms with E-state index in [1.165, 1.54) is 11.3 Å². The summed E-state index contributed by atoms with van der Waals surface area (Å²) in [6, 6.07) is 3.85. The van der Waals surface area contributed by atoms with Crippen LogP contribution >= 0.6 is 11.3 Å². The summed E-state index contributed by atoms with van der Waals surface area (Å²) in [6.07, 6.45) is 2.19. The van der Waals surface area contributed by atoms with Gasteiger partial charge in [-0.25, -0.2) is 4.98 Å². The molecule has 0 spiro atoms. The van der Waals surface area contributed by atoms with Gasteiger partial charge in [0, 0.05) is 13.2 Å². The number of aryl methyl sites for hydroxylation is 1. The number of nitrogens with one attached hydrogen (secondary N) is 1. The number of carbonyl (C=O) groups is 1. The van der Waals surface area contributed by atoms with E-state index in [0.29, 0.717) is 23.9 Å². The molecule has 1 fully saturated rings. The van der Waals surface area contributed by atoms with Gasteiger partial charge in [0.15, 0.2) is 5.69 Å². The Labute approximate surface area is 121 Å². The number of thiophene rings is 1. The minimum atomic E-state index is -0.204. The molecule has 1 N–H and O–H groups in total. The molecule has 0 aliphatic carbocycles. The molecule has 0 unspecified atom stereocenters. The summed E-state index contributed by atoms with van der Waals surface area (Å²) in [7, 11) is 0. The number of oxazole rings is 1. The standard InChI is InChI=1S/C14H16N2O3S/c1-9-12(13(17)15-8-10-4-2-6-18-10)16-14(19-9)11-5-3-7-20-11/h3,5,7,10H,2,4,6,8H2,1H3,(H,15,17)/t10-/m0/s1. The van der Waals surface area contributed by atoms with Crippen LogP contribution in [0.5, 0.6) is 0 Å². The highest BCUT2D eigenvalue weighted by molar-refractivity contribution is 7.13. The van der Waals surface area contributed by atoms with Gasteiger partial charge in [-0.05, 0) is 31.2 Å². The summed E-state index contributed by atoms with van der Waals surface area (Å²) in [5.74, 6) is 0.836. The van der Waals surface area contributed by atoms with Gasteiger partial charge in [0.1, 0.15) is 5.76 Å². The van der Waals surface area contributed by atoms with E-state index in [4.69, 9.17) is 9.15 Å². The Bertz CT molecular complexity index is 586. The maximum Gasteiger partial charge on any atom is 0.273 e. The lowest BCUT2D eigenvalue weighted by molar-refractivity contribution is 0.0853. The first-order valence-electron chi connectivity index (χ1n) is 6.65. The van der Waals surface area contributed by atoms with Gasteiger partial charge in [0.2, 0.25) is 5.89 Å². The molecule has 1 saturated heterocycles. The van der Waals surface area contributed by atoms with Crippen molar-refractivity contribution in [1.82, 2.24) is 10.3 Å². The van der Waals surface area contributed by atoms with Crippen LogP contribution in [0.4, 0.5) is 0 Å². The minimum absolute atomic E-state index is 0.128. The Morgan fingerprint density at radius 2 is 2.50 bits per heavy atom. The van der Waals surface area contributed by atoms with E-state index in [9.17, 15) is 4.79 Å². The lowest BCUT2D eigenvalue weighted by Gasteiger charge is -2.09. The van der Waals surface area contributed by atoms with Crippen LogP contribution in [-0.4, -0.2) is 30.1 Å². The van der Waals surface area contributed by atoms with E-state index in [0.717, 1.165) is 24.3 Å². The first-order valence-corrected chi connectivity index (χ1v) is 7.53. The third kappa shape index (κ3) is 2.76. The fourth-order valence-corrected chi connectivity index (χ4v) is 2.86. The second-order valence-corrected chi connectivity index (χ2v) is 5.69. The molecular weight excluding hydrogens is 276 g/mol. The molecule has 1 amide bonds. The summed E-state index contributed by atoms with van der Waals surface area (Å²) >= 11 is 1.54. The Morgan fingerprint density at radius 1 is 1.60 bits per heavy atom. The van der Waals surface area contributed by atoms with E-state index in [2.05, 4.69) is 10.3 Å². The normalized spacial score (nSPS) is 18.4. The fraction of sp³-hybridized carbons (Fsp3) is 0.429. The maximum atomic E-state index is 12.1. The molecule has 20 heavy (non-hydrogen) atoms. The van der Waals surface area contributed by atoms with Crippen LogP contribution in [0.15, 0.2) is 21.9 Å². The summed E-state index contributed by atoms with van der Waals surface area (Å²) < 4.78 is 11.0. The zero-order valence-corrected chi connectivity index (χ0v) is 12.0. The number of carbonyl (C=O) groups excluding carboxylic acids is 1. The molecule has 1 aliphatic rings. The van der Waals surface area contributed by atoms with Crippen LogP contribution in [0.3, 0.4) is 0 Å². The molecule has 1 atom stereocenters. The van der Waals surface area contributed by atoms with Gasteiger partial charge in [0.05, 0.1) is 11.0 Å². The number of hydrogen-bond acceptors (Lipinski definition) is 5. The van der Waals surface area contributed by atoms with Crippen molar-refractivity contribution in [2.24, 2.45) is 0 Å². The molecule has 0 bridgehead atoms. The molecule has 0 aromatic carbocycles. The molecule has 2 aromatic heterocycles. The first kappa shape index (κ1) is 13.3. The number of hydrogen-bond donors (Lipinski definition) is 1. The van der Waals surface area contributed by atoms with Crippen molar-refractivity contribution in [1.29, 1.82) is 0 Å². The van der Waals surface area contributed by atoms with Crippen LogP contribution in [-0.2, 0) is 4.74 Å². The molecule has 6 heteroatoms. The number of aromatic nitrogens is 1. The molecule has 3 heterocycles. The highest BCUT2D eigenvalue weighted by atomic mass is 32.1. The molecule has 2 aromatic rings. The quantitative estimate of drug-likeness (QED) is 0.941. The predicted molar refractivity (Wildman–Crippen MR) is 75.9 cm³/mol. The molecule has 1 aliphatic heterocycles. The van der Waals surface area contributed by atoms with Gasteiger partial charge in [-0.3, -0.25) is 4.79 Å². The lowest BCUT2D eigenvalue weighted by Crippen LogP contribution is -2.32. The van der Waals surface area contributed by atoms with Crippen LogP contribution in [0, 0.1) is 6.92 Å². The Hall–Kier alpha value is -1.66. The van der Waals surface area contributed by atoms with Gasteiger partial charge in [0.25, 0.3) is 5.91 Å². The largest absolute Gasteiger partial charge is 0.440 e. The highest BCUT2D eigenvalue weighted by Crippen LogP contribution is 2.25. The fourth-order valence-electron chi connectivity index (χ4n) is 2.21. The van der Waals surface area contributed by atoms with E-state index in [1.807, 2.05) is 17.5 Å². The molecular formula is C14H16N2O3S. The monoisotopic (exact) mass is 292 g/mol. The average molecular weight is 292 g/mol. The van der Waals surface area contributed by atoms with Crippen molar-refractivity contribution in [3.05, 3.63) is 29.0 Å². The summed E-state index contributed by atoms with van der Waals surface area (Å²) in [6.45, 7) is 3.07. The van der Waals surface area contributed by atoms with Crippen LogP contribution in [0.2, 0.25) is 0 Å². The second kappa shape index (κ2) is 5.76. The summed E-state index contributed by atoms with van der Waals surface area (Å²) in [5, 5.41) is 4.81. The topological polar surface area (TPSA) is 64.4 Å².